The van der Waals surface area contributed by atoms with E-state index in [-0.39, 0.29) is 16.8 Å². The molecule has 0 spiro atoms. The van der Waals surface area contributed by atoms with Crippen molar-refractivity contribution in [3.05, 3.63) is 29.3 Å². The molecule has 0 unspecified atom stereocenters. The molecule has 1 aliphatic rings. The molecule has 4 nitrogen and oxygen atoms in total. The Labute approximate surface area is 117 Å². The molecule has 1 saturated carbocycles. The zero-order valence-corrected chi connectivity index (χ0v) is 12.2. The van der Waals surface area contributed by atoms with Gasteiger partial charge in [-0.1, -0.05) is 12.8 Å². The van der Waals surface area contributed by atoms with Crippen LogP contribution in [0.3, 0.4) is 0 Å². The van der Waals surface area contributed by atoms with Gasteiger partial charge in [-0.15, -0.1) is 0 Å². The maximum Gasteiger partial charge on any atom is 0.261 e. The summed E-state index contributed by atoms with van der Waals surface area (Å²) in [6.45, 7) is 1.73. The molecule has 1 fully saturated rings. The zero-order chi connectivity index (χ0) is 14.0. The van der Waals surface area contributed by atoms with Gasteiger partial charge in [-0.25, -0.2) is 8.42 Å². The minimum atomic E-state index is -3.82. The molecular formula is C13H16ClNO3S. The molecule has 2 rings (SSSR count). The number of benzene rings is 1. The zero-order valence-electron chi connectivity index (χ0n) is 10.6. The normalized spacial score (nSPS) is 16.5. The Morgan fingerprint density at radius 2 is 1.89 bits per heavy atom. The Bertz CT molecular complexity index is 592. The van der Waals surface area contributed by atoms with Crippen LogP contribution in [0.25, 0.3) is 0 Å². The smallest absolute Gasteiger partial charge is 0.261 e. The van der Waals surface area contributed by atoms with Crippen molar-refractivity contribution in [2.75, 3.05) is 0 Å². The molecule has 1 N–H and O–H groups in total. The summed E-state index contributed by atoms with van der Waals surface area (Å²) in [5.41, 5.74) is 1.03. The average Bonchev–Trinajstić information content (AvgIpc) is 2.79. The van der Waals surface area contributed by atoms with Gasteiger partial charge in [-0.3, -0.25) is 4.79 Å². The highest BCUT2D eigenvalue weighted by molar-refractivity contribution is 8.13. The van der Waals surface area contributed by atoms with Gasteiger partial charge in [0.25, 0.3) is 15.0 Å². The number of hydrogen-bond acceptors (Lipinski definition) is 3. The summed E-state index contributed by atoms with van der Waals surface area (Å²) in [5, 5.41) is 2.92. The number of hydrogen-bond donors (Lipinski definition) is 1. The molecule has 6 heteroatoms. The lowest BCUT2D eigenvalue weighted by Gasteiger charge is -2.12. The van der Waals surface area contributed by atoms with Gasteiger partial charge in [-0.2, -0.15) is 0 Å². The van der Waals surface area contributed by atoms with E-state index in [1.807, 2.05) is 0 Å². The van der Waals surface area contributed by atoms with E-state index in [0.29, 0.717) is 11.1 Å². The molecule has 0 aromatic heterocycles. The van der Waals surface area contributed by atoms with E-state index in [4.69, 9.17) is 10.7 Å². The Hall–Kier alpha value is -1.07. The van der Waals surface area contributed by atoms with E-state index in [2.05, 4.69) is 5.32 Å². The quantitative estimate of drug-likeness (QED) is 0.873. The van der Waals surface area contributed by atoms with Gasteiger partial charge < -0.3 is 5.32 Å². The molecule has 19 heavy (non-hydrogen) atoms. The predicted octanol–water partition coefficient (Wildman–Crippen LogP) is 2.59. The van der Waals surface area contributed by atoms with Crippen LogP contribution in [0, 0.1) is 6.92 Å². The lowest BCUT2D eigenvalue weighted by Crippen LogP contribution is -2.32. The number of carbonyl (C=O) groups is 1. The topological polar surface area (TPSA) is 63.2 Å². The molecule has 0 heterocycles. The Balaban J connectivity index is 2.24. The molecule has 1 amide bonds. The third kappa shape index (κ3) is 3.70. The fraction of sp³-hybridized carbons (Fsp3) is 0.462. The van der Waals surface area contributed by atoms with Crippen LogP contribution in [-0.2, 0) is 9.05 Å². The van der Waals surface area contributed by atoms with Gasteiger partial charge in [0.15, 0.2) is 0 Å². The summed E-state index contributed by atoms with van der Waals surface area (Å²) in [7, 11) is 1.50. The number of halogens is 1. The number of nitrogens with one attached hydrogen (secondary N) is 1. The number of rotatable bonds is 3. The first kappa shape index (κ1) is 14.3. The van der Waals surface area contributed by atoms with Crippen LogP contribution in [0.2, 0.25) is 0 Å². The third-order valence-corrected chi connectivity index (χ3v) is 4.62. The fourth-order valence-electron chi connectivity index (χ4n) is 2.36. The largest absolute Gasteiger partial charge is 0.349 e. The van der Waals surface area contributed by atoms with E-state index in [1.54, 1.807) is 13.0 Å². The van der Waals surface area contributed by atoms with E-state index < -0.39 is 9.05 Å². The van der Waals surface area contributed by atoms with Crippen LogP contribution in [0.15, 0.2) is 23.1 Å². The Morgan fingerprint density at radius 3 is 2.47 bits per heavy atom. The standard InChI is InChI=1S/C13H16ClNO3S/c1-9-6-10(8-12(7-9)19(14,17)18)13(16)15-11-4-2-3-5-11/h6-8,11H,2-5H2,1H3,(H,15,16). The van der Waals surface area contributed by atoms with Crippen molar-refractivity contribution in [2.45, 2.75) is 43.5 Å². The number of carbonyl (C=O) groups excluding carboxylic acids is 1. The second kappa shape index (κ2) is 5.51. The lowest BCUT2D eigenvalue weighted by atomic mass is 10.1. The van der Waals surface area contributed by atoms with Crippen LogP contribution in [-0.4, -0.2) is 20.4 Å². The average molecular weight is 302 g/mol. The summed E-state index contributed by atoms with van der Waals surface area (Å²) < 4.78 is 22.7. The first-order chi connectivity index (χ1) is 8.86. The van der Waals surface area contributed by atoms with Gasteiger partial charge in [0.05, 0.1) is 4.90 Å². The van der Waals surface area contributed by atoms with Crippen LogP contribution in [0.5, 0.6) is 0 Å². The summed E-state index contributed by atoms with van der Waals surface area (Å²) in [5.74, 6) is -0.239. The first-order valence-electron chi connectivity index (χ1n) is 6.23. The highest BCUT2D eigenvalue weighted by atomic mass is 35.7. The summed E-state index contributed by atoms with van der Waals surface area (Å²) >= 11 is 0. The molecule has 0 bridgehead atoms. The van der Waals surface area contributed by atoms with Crippen molar-refractivity contribution in [2.24, 2.45) is 0 Å². The van der Waals surface area contributed by atoms with Crippen LogP contribution >= 0.6 is 10.7 Å². The maximum absolute atomic E-state index is 12.1. The van der Waals surface area contributed by atoms with Crippen molar-refractivity contribution in [1.82, 2.24) is 5.32 Å². The van der Waals surface area contributed by atoms with Crippen LogP contribution < -0.4 is 5.32 Å². The molecule has 1 aliphatic carbocycles. The maximum atomic E-state index is 12.1. The van der Waals surface area contributed by atoms with Crippen molar-refractivity contribution in [3.63, 3.8) is 0 Å². The molecule has 0 aliphatic heterocycles. The summed E-state index contributed by atoms with van der Waals surface area (Å²) in [4.78, 5) is 12.0. The molecular weight excluding hydrogens is 286 g/mol. The monoisotopic (exact) mass is 301 g/mol. The Kier molecular flexibility index (Phi) is 4.16. The molecule has 1 aromatic carbocycles. The van der Waals surface area contributed by atoms with E-state index in [0.717, 1.165) is 25.7 Å². The number of aryl methyl sites for hydroxylation is 1. The third-order valence-electron chi connectivity index (χ3n) is 3.28. The second-order valence-electron chi connectivity index (χ2n) is 4.93. The highest BCUT2D eigenvalue weighted by Crippen LogP contribution is 2.21. The minimum absolute atomic E-state index is 0.0364. The van der Waals surface area contributed by atoms with E-state index in [9.17, 15) is 13.2 Å². The fourth-order valence-corrected chi connectivity index (χ4v) is 3.22. The minimum Gasteiger partial charge on any atom is -0.349 e. The molecule has 0 atom stereocenters. The summed E-state index contributed by atoms with van der Waals surface area (Å²) in [6.07, 6.45) is 4.22. The molecule has 0 radical (unpaired) electrons. The van der Waals surface area contributed by atoms with Crippen LogP contribution in [0.1, 0.15) is 41.6 Å². The lowest BCUT2D eigenvalue weighted by molar-refractivity contribution is 0.0937. The van der Waals surface area contributed by atoms with Crippen molar-refractivity contribution < 1.29 is 13.2 Å². The van der Waals surface area contributed by atoms with Gasteiger partial charge in [0.2, 0.25) is 0 Å². The predicted molar refractivity (Wildman–Crippen MR) is 73.9 cm³/mol. The van der Waals surface area contributed by atoms with Gasteiger partial charge in [0.1, 0.15) is 0 Å². The van der Waals surface area contributed by atoms with Gasteiger partial charge >= 0.3 is 0 Å². The van der Waals surface area contributed by atoms with Crippen molar-refractivity contribution in [1.29, 1.82) is 0 Å². The first-order valence-corrected chi connectivity index (χ1v) is 8.54. The van der Waals surface area contributed by atoms with Crippen molar-refractivity contribution in [3.8, 4) is 0 Å². The van der Waals surface area contributed by atoms with Crippen molar-refractivity contribution >= 4 is 25.6 Å². The summed E-state index contributed by atoms with van der Waals surface area (Å²) in [6, 6.07) is 4.63. The van der Waals surface area contributed by atoms with E-state index in [1.165, 1.54) is 12.1 Å². The number of amides is 1. The van der Waals surface area contributed by atoms with Gasteiger partial charge in [0, 0.05) is 22.3 Å². The van der Waals surface area contributed by atoms with E-state index >= 15 is 0 Å². The second-order valence-corrected chi connectivity index (χ2v) is 7.49. The Morgan fingerprint density at radius 1 is 1.26 bits per heavy atom. The molecule has 104 valence electrons. The van der Waals surface area contributed by atoms with Crippen LogP contribution in [0.4, 0.5) is 0 Å². The SMILES string of the molecule is Cc1cc(C(=O)NC2CCCC2)cc(S(=O)(=O)Cl)c1. The molecule has 0 saturated heterocycles. The van der Waals surface area contributed by atoms with Gasteiger partial charge in [-0.05, 0) is 43.5 Å². The molecule has 1 aromatic rings. The highest BCUT2D eigenvalue weighted by Gasteiger charge is 2.19.